The average Bonchev–Trinajstić information content (AvgIpc) is 3.32. The zero-order valence-electron chi connectivity index (χ0n) is 16.5. The van der Waals surface area contributed by atoms with E-state index >= 15 is 0 Å². The van der Waals surface area contributed by atoms with Gasteiger partial charge in [0.2, 0.25) is 11.8 Å². The fraction of sp³-hybridized carbons (Fsp3) is 0.381. The van der Waals surface area contributed by atoms with Crippen LogP contribution in [0.4, 0.5) is 0 Å². The highest BCUT2D eigenvalue weighted by Gasteiger charge is 2.36. The molecule has 0 aliphatic carbocycles. The van der Waals surface area contributed by atoms with Crippen molar-refractivity contribution >= 4 is 22.7 Å². The van der Waals surface area contributed by atoms with Crippen LogP contribution >= 0.6 is 0 Å². The van der Waals surface area contributed by atoms with Gasteiger partial charge >= 0.3 is 0 Å². The number of H-pyrrole nitrogens is 1. The van der Waals surface area contributed by atoms with Gasteiger partial charge in [0.15, 0.2) is 0 Å². The van der Waals surface area contributed by atoms with Crippen molar-refractivity contribution in [1.82, 2.24) is 25.0 Å². The van der Waals surface area contributed by atoms with Crippen molar-refractivity contribution in [1.29, 1.82) is 0 Å². The first-order chi connectivity index (χ1) is 13.5. The standard InChI is InChI=1S/C21H25N5O2/c1-13-17(14(2)25(3)24-13)11-23-21(28)19-8-9-20(27)26(19)12-15-10-22-18-7-5-4-6-16(15)18/h4-7,10,19,22H,8-9,11-12H2,1-3H3,(H,23,28). The molecule has 2 amide bonds. The summed E-state index contributed by atoms with van der Waals surface area (Å²) >= 11 is 0. The lowest BCUT2D eigenvalue weighted by Crippen LogP contribution is -2.44. The molecular formula is C21H25N5O2. The first kappa shape index (κ1) is 18.3. The van der Waals surface area contributed by atoms with Gasteiger partial charge in [0.1, 0.15) is 6.04 Å². The number of carbonyl (C=O) groups is 2. The van der Waals surface area contributed by atoms with E-state index < -0.39 is 6.04 Å². The lowest BCUT2D eigenvalue weighted by atomic mass is 10.1. The van der Waals surface area contributed by atoms with Gasteiger partial charge in [-0.1, -0.05) is 18.2 Å². The molecule has 146 valence electrons. The van der Waals surface area contributed by atoms with Crippen LogP contribution in [0.15, 0.2) is 30.5 Å². The highest BCUT2D eigenvalue weighted by molar-refractivity contribution is 5.91. The summed E-state index contributed by atoms with van der Waals surface area (Å²) in [6, 6.07) is 7.56. The maximum absolute atomic E-state index is 12.9. The minimum atomic E-state index is -0.432. The zero-order chi connectivity index (χ0) is 19.8. The summed E-state index contributed by atoms with van der Waals surface area (Å²) in [5, 5.41) is 8.48. The highest BCUT2D eigenvalue weighted by Crippen LogP contribution is 2.25. The molecule has 3 heterocycles. The van der Waals surface area contributed by atoms with Gasteiger partial charge in [-0.05, 0) is 31.9 Å². The van der Waals surface area contributed by atoms with Crippen molar-refractivity contribution in [3.8, 4) is 0 Å². The lowest BCUT2D eigenvalue weighted by molar-refractivity contribution is -0.135. The number of rotatable bonds is 5. The van der Waals surface area contributed by atoms with Gasteiger partial charge in [-0.2, -0.15) is 5.10 Å². The number of likely N-dealkylation sites (tertiary alicyclic amines) is 1. The molecule has 3 aromatic rings. The Morgan fingerprint density at radius 1 is 1.32 bits per heavy atom. The molecule has 4 rings (SSSR count). The second-order valence-electron chi connectivity index (χ2n) is 7.43. The second-order valence-corrected chi connectivity index (χ2v) is 7.43. The molecule has 1 unspecified atom stereocenters. The summed E-state index contributed by atoms with van der Waals surface area (Å²) in [4.78, 5) is 30.3. The Morgan fingerprint density at radius 2 is 2.11 bits per heavy atom. The molecule has 7 nitrogen and oxygen atoms in total. The molecule has 0 spiro atoms. The lowest BCUT2D eigenvalue weighted by Gasteiger charge is -2.24. The molecule has 0 saturated carbocycles. The quantitative estimate of drug-likeness (QED) is 0.714. The topological polar surface area (TPSA) is 83.0 Å². The van der Waals surface area contributed by atoms with Crippen molar-refractivity contribution < 1.29 is 9.59 Å². The first-order valence-corrected chi connectivity index (χ1v) is 9.57. The number of nitrogens with one attached hydrogen (secondary N) is 2. The molecule has 1 aromatic carbocycles. The van der Waals surface area contributed by atoms with Gasteiger partial charge in [0, 0.05) is 54.9 Å². The number of para-hydroxylation sites is 1. The fourth-order valence-electron chi connectivity index (χ4n) is 4.02. The molecule has 28 heavy (non-hydrogen) atoms. The largest absolute Gasteiger partial charge is 0.361 e. The number of hydrogen-bond acceptors (Lipinski definition) is 3. The van der Waals surface area contributed by atoms with Gasteiger partial charge in [-0.25, -0.2) is 0 Å². The van der Waals surface area contributed by atoms with Crippen LogP contribution in [0.1, 0.15) is 35.4 Å². The average molecular weight is 379 g/mol. The Kier molecular flexibility index (Phi) is 4.66. The third kappa shape index (κ3) is 3.17. The van der Waals surface area contributed by atoms with Crippen molar-refractivity contribution in [2.75, 3.05) is 0 Å². The minimum Gasteiger partial charge on any atom is -0.361 e. The van der Waals surface area contributed by atoms with Crippen molar-refractivity contribution in [2.45, 2.75) is 45.8 Å². The molecular weight excluding hydrogens is 354 g/mol. The van der Waals surface area contributed by atoms with Gasteiger partial charge in [-0.15, -0.1) is 0 Å². The van der Waals surface area contributed by atoms with E-state index in [0.29, 0.717) is 25.9 Å². The summed E-state index contributed by atoms with van der Waals surface area (Å²) in [7, 11) is 1.90. The number of aromatic amines is 1. The number of amides is 2. The van der Waals surface area contributed by atoms with Crippen LogP contribution in [0.3, 0.4) is 0 Å². The molecule has 1 aliphatic rings. The summed E-state index contributed by atoms with van der Waals surface area (Å²) in [5.74, 6) is -0.0764. The minimum absolute atomic E-state index is 0.0270. The third-order valence-electron chi connectivity index (χ3n) is 5.74. The molecule has 1 aliphatic heterocycles. The molecule has 0 bridgehead atoms. The van der Waals surface area contributed by atoms with Crippen molar-refractivity contribution in [3.63, 3.8) is 0 Å². The van der Waals surface area contributed by atoms with E-state index in [1.54, 1.807) is 4.90 Å². The molecule has 2 aromatic heterocycles. The smallest absolute Gasteiger partial charge is 0.243 e. The van der Waals surface area contributed by atoms with E-state index in [1.807, 2.05) is 56.0 Å². The number of carbonyl (C=O) groups excluding carboxylic acids is 2. The van der Waals surface area contributed by atoms with E-state index in [-0.39, 0.29) is 11.8 Å². The maximum atomic E-state index is 12.9. The summed E-state index contributed by atoms with van der Waals surface area (Å²) in [5.41, 5.74) is 5.05. The van der Waals surface area contributed by atoms with E-state index in [2.05, 4.69) is 15.4 Å². The first-order valence-electron chi connectivity index (χ1n) is 9.57. The van der Waals surface area contributed by atoms with Crippen molar-refractivity contribution in [2.24, 2.45) is 7.05 Å². The Balaban J connectivity index is 1.48. The van der Waals surface area contributed by atoms with Gasteiger partial charge in [0.25, 0.3) is 0 Å². The maximum Gasteiger partial charge on any atom is 0.243 e. The predicted octanol–water partition coefficient (Wildman–Crippen LogP) is 2.33. The highest BCUT2D eigenvalue weighted by atomic mass is 16.2. The van der Waals surface area contributed by atoms with E-state index in [1.165, 1.54) is 0 Å². The number of aryl methyl sites for hydroxylation is 2. The number of aromatic nitrogens is 3. The van der Waals surface area contributed by atoms with Crippen LogP contribution in [0.5, 0.6) is 0 Å². The van der Waals surface area contributed by atoms with Crippen LogP contribution in [-0.4, -0.2) is 37.5 Å². The van der Waals surface area contributed by atoms with Crippen LogP contribution in [-0.2, 0) is 29.7 Å². The monoisotopic (exact) mass is 379 g/mol. The summed E-state index contributed by atoms with van der Waals surface area (Å²) in [6.07, 6.45) is 2.89. The Bertz CT molecular complexity index is 1050. The molecule has 7 heteroatoms. The molecule has 1 fully saturated rings. The van der Waals surface area contributed by atoms with Crippen LogP contribution in [0.25, 0.3) is 10.9 Å². The normalized spacial score (nSPS) is 16.9. The van der Waals surface area contributed by atoms with E-state index in [0.717, 1.165) is 33.4 Å². The number of hydrogen-bond donors (Lipinski definition) is 2. The third-order valence-corrected chi connectivity index (χ3v) is 5.74. The molecule has 0 radical (unpaired) electrons. The number of nitrogens with zero attached hydrogens (tertiary/aromatic N) is 3. The number of fused-ring (bicyclic) bond motifs is 1. The zero-order valence-corrected chi connectivity index (χ0v) is 16.5. The summed E-state index contributed by atoms with van der Waals surface area (Å²) < 4.78 is 1.82. The SMILES string of the molecule is Cc1nn(C)c(C)c1CNC(=O)C1CCC(=O)N1Cc1c[nH]c2ccccc12. The molecule has 1 saturated heterocycles. The van der Waals surface area contributed by atoms with Gasteiger partial charge < -0.3 is 15.2 Å². The van der Waals surface area contributed by atoms with Gasteiger partial charge in [0.05, 0.1) is 5.69 Å². The molecule has 1 atom stereocenters. The predicted molar refractivity (Wildman–Crippen MR) is 106 cm³/mol. The summed E-state index contributed by atoms with van der Waals surface area (Å²) in [6.45, 7) is 4.79. The Morgan fingerprint density at radius 3 is 2.86 bits per heavy atom. The van der Waals surface area contributed by atoms with Crippen LogP contribution in [0.2, 0.25) is 0 Å². The Labute approximate surface area is 163 Å². The fourth-order valence-corrected chi connectivity index (χ4v) is 4.02. The second kappa shape index (κ2) is 7.14. The van der Waals surface area contributed by atoms with Gasteiger partial charge in [-0.3, -0.25) is 14.3 Å². The van der Waals surface area contributed by atoms with Crippen LogP contribution < -0.4 is 5.32 Å². The molecule has 2 N–H and O–H groups in total. The number of benzene rings is 1. The van der Waals surface area contributed by atoms with E-state index in [9.17, 15) is 9.59 Å². The van der Waals surface area contributed by atoms with Crippen LogP contribution in [0, 0.1) is 13.8 Å². The van der Waals surface area contributed by atoms with E-state index in [4.69, 9.17) is 0 Å². The Hall–Kier alpha value is -3.09. The van der Waals surface area contributed by atoms with Crippen molar-refractivity contribution in [3.05, 3.63) is 53.0 Å².